The second-order valence-electron chi connectivity index (χ2n) is 3.98. The van der Waals surface area contributed by atoms with E-state index < -0.39 is 11.8 Å². The number of benzene rings is 1. The van der Waals surface area contributed by atoms with Crippen LogP contribution >= 0.6 is 23.4 Å². The van der Waals surface area contributed by atoms with Crippen LogP contribution < -0.4 is 10.9 Å². The van der Waals surface area contributed by atoms with Gasteiger partial charge in [-0.1, -0.05) is 11.6 Å². The molecule has 0 unspecified atom stereocenters. The summed E-state index contributed by atoms with van der Waals surface area (Å²) < 4.78 is 0. The maximum atomic E-state index is 12.0. The van der Waals surface area contributed by atoms with Gasteiger partial charge in [0.05, 0.1) is 5.56 Å². The molecule has 0 radical (unpaired) electrons. The summed E-state index contributed by atoms with van der Waals surface area (Å²) in [5.41, 5.74) is 5.51. The first-order valence-electron chi connectivity index (χ1n) is 5.97. The second-order valence-corrected chi connectivity index (χ2v) is 5.21. The topological polar surface area (TPSA) is 71.1 Å². The van der Waals surface area contributed by atoms with Crippen LogP contribution in [0.2, 0.25) is 5.02 Å². The number of pyridine rings is 1. The zero-order chi connectivity index (χ0) is 15.2. The molecule has 0 aliphatic rings. The van der Waals surface area contributed by atoms with Gasteiger partial charge in [-0.25, -0.2) is 4.98 Å². The lowest BCUT2D eigenvalue weighted by Crippen LogP contribution is -2.41. The van der Waals surface area contributed by atoms with Crippen LogP contribution in [-0.2, 0) is 0 Å². The Kier molecular flexibility index (Phi) is 5.19. The number of carbonyl (C=O) groups is 2. The van der Waals surface area contributed by atoms with E-state index in [0.717, 1.165) is 0 Å². The maximum Gasteiger partial charge on any atom is 0.272 e. The van der Waals surface area contributed by atoms with Gasteiger partial charge in [-0.2, -0.15) is 0 Å². The quantitative estimate of drug-likeness (QED) is 0.673. The molecule has 21 heavy (non-hydrogen) atoms. The average molecular weight is 322 g/mol. The van der Waals surface area contributed by atoms with E-state index in [1.54, 1.807) is 42.6 Å². The first-order chi connectivity index (χ1) is 10.1. The van der Waals surface area contributed by atoms with Gasteiger partial charge in [0.2, 0.25) is 0 Å². The highest BCUT2D eigenvalue weighted by molar-refractivity contribution is 7.98. The number of thioether (sulfide) groups is 1. The van der Waals surface area contributed by atoms with Crippen molar-refractivity contribution in [3.05, 3.63) is 58.7 Å². The largest absolute Gasteiger partial charge is 0.272 e. The van der Waals surface area contributed by atoms with Crippen molar-refractivity contribution in [2.75, 3.05) is 6.26 Å². The first-order valence-corrected chi connectivity index (χ1v) is 7.57. The molecule has 1 aromatic carbocycles. The van der Waals surface area contributed by atoms with Gasteiger partial charge in [0, 0.05) is 16.8 Å². The molecule has 0 saturated carbocycles. The summed E-state index contributed by atoms with van der Waals surface area (Å²) in [6, 6.07) is 9.65. The Morgan fingerprint density at radius 1 is 1.10 bits per heavy atom. The molecular formula is C14H12ClN3O2S. The molecule has 2 aromatic rings. The number of halogens is 1. The molecule has 0 aliphatic heterocycles. The molecule has 0 spiro atoms. The Morgan fingerprint density at radius 2 is 1.76 bits per heavy atom. The van der Waals surface area contributed by atoms with E-state index in [2.05, 4.69) is 15.8 Å². The summed E-state index contributed by atoms with van der Waals surface area (Å²) >= 11 is 7.10. The molecule has 7 heteroatoms. The van der Waals surface area contributed by atoms with Crippen molar-refractivity contribution in [2.24, 2.45) is 0 Å². The lowest BCUT2D eigenvalue weighted by molar-refractivity contribution is 0.0844. The smallest absolute Gasteiger partial charge is 0.267 e. The van der Waals surface area contributed by atoms with Crippen LogP contribution in [0.1, 0.15) is 20.7 Å². The van der Waals surface area contributed by atoms with Gasteiger partial charge >= 0.3 is 0 Å². The third kappa shape index (κ3) is 3.96. The van der Waals surface area contributed by atoms with Crippen LogP contribution in [0.5, 0.6) is 0 Å². The molecule has 1 heterocycles. The van der Waals surface area contributed by atoms with Crippen LogP contribution in [0.25, 0.3) is 0 Å². The molecule has 2 N–H and O–H groups in total. The number of rotatable bonds is 3. The van der Waals surface area contributed by atoms with Crippen LogP contribution in [0.3, 0.4) is 0 Å². The number of amides is 2. The monoisotopic (exact) mass is 321 g/mol. The molecule has 0 aliphatic carbocycles. The van der Waals surface area contributed by atoms with Crippen molar-refractivity contribution >= 4 is 35.2 Å². The molecule has 2 rings (SSSR count). The lowest BCUT2D eigenvalue weighted by atomic mass is 10.2. The highest BCUT2D eigenvalue weighted by Crippen LogP contribution is 2.16. The minimum Gasteiger partial charge on any atom is -0.267 e. The van der Waals surface area contributed by atoms with Crippen LogP contribution in [-0.4, -0.2) is 23.1 Å². The Hall–Kier alpha value is -2.05. The summed E-state index contributed by atoms with van der Waals surface area (Å²) in [4.78, 5) is 28.0. The SMILES string of the molecule is CSc1ncccc1C(=O)NNC(=O)c1ccc(Cl)cc1. The highest BCUT2D eigenvalue weighted by atomic mass is 35.5. The van der Waals surface area contributed by atoms with Gasteiger partial charge in [-0.3, -0.25) is 20.4 Å². The average Bonchev–Trinajstić information content (AvgIpc) is 2.52. The maximum absolute atomic E-state index is 12.0. The number of hydrogen-bond acceptors (Lipinski definition) is 4. The predicted octanol–water partition coefficient (Wildman–Crippen LogP) is 2.53. The fourth-order valence-corrected chi connectivity index (χ4v) is 2.25. The van der Waals surface area contributed by atoms with Crippen LogP contribution in [0.15, 0.2) is 47.6 Å². The Balaban J connectivity index is 2.01. The molecule has 0 fully saturated rings. The van der Waals surface area contributed by atoms with E-state index in [1.165, 1.54) is 11.8 Å². The minimum absolute atomic E-state index is 0.399. The van der Waals surface area contributed by atoms with Crippen molar-refractivity contribution in [1.82, 2.24) is 15.8 Å². The van der Waals surface area contributed by atoms with Crippen LogP contribution in [0.4, 0.5) is 0 Å². The molecule has 2 amide bonds. The van der Waals surface area contributed by atoms with Gasteiger partial charge in [0.25, 0.3) is 11.8 Å². The van der Waals surface area contributed by atoms with E-state index >= 15 is 0 Å². The Bertz CT molecular complexity index is 662. The summed E-state index contributed by atoms with van der Waals surface area (Å²) in [7, 11) is 0. The van der Waals surface area contributed by atoms with Crippen molar-refractivity contribution in [1.29, 1.82) is 0 Å². The third-order valence-electron chi connectivity index (χ3n) is 2.61. The van der Waals surface area contributed by atoms with Gasteiger partial charge < -0.3 is 0 Å². The molecular weight excluding hydrogens is 310 g/mol. The van der Waals surface area contributed by atoms with Crippen molar-refractivity contribution in [3.8, 4) is 0 Å². The summed E-state index contributed by atoms with van der Waals surface area (Å²) in [5, 5.41) is 1.13. The van der Waals surface area contributed by atoms with Gasteiger partial charge in [0.15, 0.2) is 0 Å². The third-order valence-corrected chi connectivity index (χ3v) is 3.57. The minimum atomic E-state index is -0.422. The summed E-state index contributed by atoms with van der Waals surface area (Å²) in [6.45, 7) is 0. The number of carbonyl (C=O) groups excluding carboxylic acids is 2. The summed E-state index contributed by atoms with van der Waals surface area (Å²) in [5.74, 6) is -0.843. The number of nitrogens with zero attached hydrogens (tertiary/aromatic N) is 1. The fraction of sp³-hybridized carbons (Fsp3) is 0.0714. The molecule has 0 saturated heterocycles. The van der Waals surface area contributed by atoms with Crippen molar-refractivity contribution in [2.45, 2.75) is 5.03 Å². The zero-order valence-corrected chi connectivity index (χ0v) is 12.7. The number of aromatic nitrogens is 1. The fourth-order valence-electron chi connectivity index (χ4n) is 1.58. The number of nitrogens with one attached hydrogen (secondary N) is 2. The van der Waals surface area contributed by atoms with Crippen molar-refractivity contribution in [3.63, 3.8) is 0 Å². The normalized spacial score (nSPS) is 10.0. The van der Waals surface area contributed by atoms with E-state index in [9.17, 15) is 9.59 Å². The van der Waals surface area contributed by atoms with Gasteiger partial charge in [-0.15, -0.1) is 11.8 Å². The Morgan fingerprint density at radius 3 is 2.43 bits per heavy atom. The molecule has 108 valence electrons. The lowest BCUT2D eigenvalue weighted by Gasteiger charge is -2.09. The van der Waals surface area contributed by atoms with E-state index in [-0.39, 0.29) is 0 Å². The standard InChI is InChI=1S/C14H12ClN3O2S/c1-21-14-11(3-2-8-16-14)13(20)18-17-12(19)9-4-6-10(15)7-5-9/h2-8H,1H3,(H,17,19)(H,18,20). The van der Waals surface area contributed by atoms with E-state index in [1.807, 2.05) is 6.26 Å². The zero-order valence-electron chi connectivity index (χ0n) is 11.1. The summed E-state index contributed by atoms with van der Waals surface area (Å²) in [6.07, 6.45) is 3.43. The number of hydrogen-bond donors (Lipinski definition) is 2. The molecule has 5 nitrogen and oxygen atoms in total. The molecule has 0 bridgehead atoms. The Labute approximate surface area is 131 Å². The first kappa shape index (κ1) is 15.3. The van der Waals surface area contributed by atoms with E-state index in [0.29, 0.717) is 21.2 Å². The van der Waals surface area contributed by atoms with Gasteiger partial charge in [-0.05, 0) is 42.7 Å². The highest BCUT2D eigenvalue weighted by Gasteiger charge is 2.13. The predicted molar refractivity (Wildman–Crippen MR) is 82.4 cm³/mol. The second kappa shape index (κ2) is 7.10. The van der Waals surface area contributed by atoms with Crippen LogP contribution in [0, 0.1) is 0 Å². The molecule has 1 aromatic heterocycles. The van der Waals surface area contributed by atoms with Crippen molar-refractivity contribution < 1.29 is 9.59 Å². The molecule has 0 atom stereocenters. The van der Waals surface area contributed by atoms with Gasteiger partial charge in [0.1, 0.15) is 5.03 Å². The van der Waals surface area contributed by atoms with E-state index in [4.69, 9.17) is 11.6 Å². The number of hydrazine groups is 1.